The highest BCUT2D eigenvalue weighted by atomic mass is 32.2. The molecule has 186 valence electrons. The highest BCUT2D eigenvalue weighted by Crippen LogP contribution is 2.59. The van der Waals surface area contributed by atoms with Crippen molar-refractivity contribution in [3.05, 3.63) is 53.1 Å². The Bertz CT molecular complexity index is 1180. The number of alkyl halides is 3. The number of nitrogens with zero attached hydrogens (tertiary/aromatic N) is 1. The number of carbonyl (C=O) groups excluding carboxylic acids is 1. The fourth-order valence-corrected chi connectivity index (χ4v) is 5.36. The van der Waals surface area contributed by atoms with Crippen LogP contribution in [0.4, 0.5) is 27.6 Å². The molecule has 0 spiro atoms. The van der Waals surface area contributed by atoms with Crippen molar-refractivity contribution >= 4 is 30.7 Å². The molecule has 1 amide bonds. The summed E-state index contributed by atoms with van der Waals surface area (Å²) in [6, 6.07) is 7.08. The number of anilines is 1. The standard InChI is InChI=1S/C21H18BF5N2O5S/c1-20(21(25,26)27)8-14(13-3-4-15(23)16(24)17(13)33-2)18(35-20)19(30)29-11-5-10(9-28)6-12(7-11)34-22(31)32/h3-7,14,18,31-32H,8H2,1-2H3,(H,29,30). The van der Waals surface area contributed by atoms with Crippen molar-refractivity contribution in [3.8, 4) is 17.6 Å². The molecular formula is C21H18BF5N2O5S. The van der Waals surface area contributed by atoms with Gasteiger partial charge in [0.05, 0.1) is 24.0 Å². The lowest BCUT2D eigenvalue weighted by molar-refractivity contribution is -0.155. The molecule has 0 bridgehead atoms. The van der Waals surface area contributed by atoms with Crippen LogP contribution in [0.25, 0.3) is 0 Å². The fraction of sp³-hybridized carbons (Fsp3) is 0.333. The van der Waals surface area contributed by atoms with E-state index in [9.17, 15) is 26.7 Å². The molecule has 3 atom stereocenters. The number of halogens is 5. The average molecular weight is 516 g/mol. The number of amides is 1. The summed E-state index contributed by atoms with van der Waals surface area (Å²) < 4.78 is 76.9. The molecule has 3 unspecified atom stereocenters. The summed E-state index contributed by atoms with van der Waals surface area (Å²) in [4.78, 5) is 13.2. The summed E-state index contributed by atoms with van der Waals surface area (Å²) in [7, 11) is -1.19. The quantitative estimate of drug-likeness (QED) is 0.396. The van der Waals surface area contributed by atoms with Crippen molar-refractivity contribution in [2.45, 2.75) is 35.4 Å². The van der Waals surface area contributed by atoms with Crippen LogP contribution in [0, 0.1) is 23.0 Å². The van der Waals surface area contributed by atoms with Crippen LogP contribution in [0.3, 0.4) is 0 Å². The van der Waals surface area contributed by atoms with Gasteiger partial charge in [0.2, 0.25) is 11.7 Å². The van der Waals surface area contributed by atoms with Gasteiger partial charge in [0.1, 0.15) is 10.5 Å². The van der Waals surface area contributed by atoms with Gasteiger partial charge in [-0.2, -0.15) is 22.8 Å². The van der Waals surface area contributed by atoms with Crippen molar-refractivity contribution in [2.75, 3.05) is 12.4 Å². The summed E-state index contributed by atoms with van der Waals surface area (Å²) in [6.07, 6.45) is -5.35. The maximum Gasteiger partial charge on any atom is 0.707 e. The lowest BCUT2D eigenvalue weighted by Crippen LogP contribution is -2.37. The van der Waals surface area contributed by atoms with E-state index in [0.717, 1.165) is 38.3 Å². The molecule has 2 aromatic rings. The van der Waals surface area contributed by atoms with E-state index in [0.29, 0.717) is 11.8 Å². The van der Waals surface area contributed by atoms with Crippen LogP contribution in [0.2, 0.25) is 0 Å². The monoisotopic (exact) mass is 516 g/mol. The third-order valence-corrected chi connectivity index (χ3v) is 7.16. The van der Waals surface area contributed by atoms with Gasteiger partial charge in [0, 0.05) is 23.2 Å². The first-order valence-electron chi connectivity index (χ1n) is 9.95. The van der Waals surface area contributed by atoms with Crippen molar-refractivity contribution in [1.29, 1.82) is 5.26 Å². The third kappa shape index (κ3) is 5.47. The van der Waals surface area contributed by atoms with Gasteiger partial charge in [0.25, 0.3) is 0 Å². The van der Waals surface area contributed by atoms with Crippen LogP contribution in [0.15, 0.2) is 30.3 Å². The number of hydrogen-bond donors (Lipinski definition) is 3. The molecule has 3 N–H and O–H groups in total. The van der Waals surface area contributed by atoms with E-state index in [1.807, 2.05) is 0 Å². The van der Waals surface area contributed by atoms with Crippen LogP contribution >= 0.6 is 11.8 Å². The van der Waals surface area contributed by atoms with E-state index in [1.165, 1.54) is 6.07 Å². The van der Waals surface area contributed by atoms with Gasteiger partial charge in [-0.3, -0.25) is 4.79 Å². The van der Waals surface area contributed by atoms with E-state index in [4.69, 9.17) is 20.0 Å². The zero-order valence-electron chi connectivity index (χ0n) is 18.2. The van der Waals surface area contributed by atoms with Gasteiger partial charge in [-0.05, 0) is 31.5 Å². The minimum atomic E-state index is -4.73. The highest BCUT2D eigenvalue weighted by Gasteiger charge is 2.60. The second-order valence-electron chi connectivity index (χ2n) is 7.85. The van der Waals surface area contributed by atoms with Gasteiger partial charge in [0.15, 0.2) is 11.6 Å². The Hall–Kier alpha value is -3.02. The van der Waals surface area contributed by atoms with Gasteiger partial charge in [-0.25, -0.2) is 4.39 Å². The van der Waals surface area contributed by atoms with E-state index in [2.05, 4.69) is 9.97 Å². The minimum absolute atomic E-state index is 0.0449. The Labute approximate surface area is 201 Å². The maximum atomic E-state index is 14.3. The molecule has 2 aromatic carbocycles. The van der Waals surface area contributed by atoms with Crippen LogP contribution < -0.4 is 14.7 Å². The van der Waals surface area contributed by atoms with E-state index >= 15 is 0 Å². The van der Waals surface area contributed by atoms with Crippen LogP contribution in [-0.4, -0.2) is 46.6 Å². The summed E-state index contributed by atoms with van der Waals surface area (Å²) in [5.74, 6) is -5.58. The Morgan fingerprint density at radius 1 is 1.29 bits per heavy atom. The molecular weight excluding hydrogens is 498 g/mol. The predicted octanol–water partition coefficient (Wildman–Crippen LogP) is 3.74. The summed E-state index contributed by atoms with van der Waals surface area (Å²) in [6.45, 7) is 0.912. The molecule has 3 rings (SSSR count). The zero-order valence-corrected chi connectivity index (χ0v) is 19.0. The van der Waals surface area contributed by atoms with Crippen molar-refractivity contribution in [1.82, 2.24) is 0 Å². The molecule has 0 saturated carbocycles. The minimum Gasteiger partial charge on any atom is -0.512 e. The lowest BCUT2D eigenvalue weighted by atomic mass is 9.85. The molecule has 0 aliphatic carbocycles. The second-order valence-corrected chi connectivity index (χ2v) is 9.50. The normalized spacial score (nSPS) is 21.8. The number of nitrogens with one attached hydrogen (secondary N) is 1. The molecule has 1 aliphatic heterocycles. The molecule has 1 saturated heterocycles. The Morgan fingerprint density at radius 2 is 1.97 bits per heavy atom. The fourth-order valence-electron chi connectivity index (χ4n) is 3.81. The van der Waals surface area contributed by atoms with E-state index < -0.39 is 59.1 Å². The summed E-state index contributed by atoms with van der Waals surface area (Å²) in [5, 5.41) is 28.1. The smallest absolute Gasteiger partial charge is 0.512 e. The summed E-state index contributed by atoms with van der Waals surface area (Å²) in [5.41, 5.74) is -0.219. The number of benzene rings is 2. The lowest BCUT2D eigenvalue weighted by Gasteiger charge is -2.26. The molecule has 1 heterocycles. The molecule has 1 fully saturated rings. The first kappa shape index (κ1) is 26.6. The van der Waals surface area contributed by atoms with Gasteiger partial charge < -0.3 is 24.8 Å². The van der Waals surface area contributed by atoms with Crippen molar-refractivity contribution < 1.29 is 46.2 Å². The Balaban J connectivity index is 2.02. The topological polar surface area (TPSA) is 112 Å². The van der Waals surface area contributed by atoms with Crippen molar-refractivity contribution in [2.24, 2.45) is 0 Å². The van der Waals surface area contributed by atoms with Crippen LogP contribution in [0.5, 0.6) is 11.5 Å². The zero-order chi connectivity index (χ0) is 26.1. The number of carbonyl (C=O) groups is 1. The van der Waals surface area contributed by atoms with Crippen molar-refractivity contribution in [3.63, 3.8) is 0 Å². The molecule has 1 aliphatic rings. The Morgan fingerprint density at radius 3 is 2.54 bits per heavy atom. The van der Waals surface area contributed by atoms with Gasteiger partial charge in [-0.15, -0.1) is 11.8 Å². The van der Waals surface area contributed by atoms with Gasteiger partial charge in [-0.1, -0.05) is 6.07 Å². The molecule has 0 aromatic heterocycles. The maximum absolute atomic E-state index is 14.3. The van der Waals surface area contributed by atoms with E-state index in [-0.39, 0.29) is 22.6 Å². The number of methoxy groups -OCH3 is 1. The molecule has 7 nitrogen and oxygen atoms in total. The Kier molecular flexibility index (Phi) is 7.54. The van der Waals surface area contributed by atoms with E-state index in [1.54, 1.807) is 6.07 Å². The number of nitriles is 1. The number of hydrogen-bond acceptors (Lipinski definition) is 7. The molecule has 35 heavy (non-hydrogen) atoms. The van der Waals surface area contributed by atoms with Crippen LogP contribution in [-0.2, 0) is 4.79 Å². The summed E-state index contributed by atoms with van der Waals surface area (Å²) >= 11 is 0.319. The number of thioether (sulfide) groups is 1. The largest absolute Gasteiger partial charge is 0.707 e. The van der Waals surface area contributed by atoms with Crippen LogP contribution in [0.1, 0.15) is 30.4 Å². The number of ether oxygens (including phenoxy) is 1. The predicted molar refractivity (Wildman–Crippen MR) is 117 cm³/mol. The first-order valence-corrected chi connectivity index (χ1v) is 10.8. The number of rotatable bonds is 6. The average Bonchev–Trinajstić information content (AvgIpc) is 3.13. The molecule has 0 radical (unpaired) electrons. The highest BCUT2D eigenvalue weighted by molar-refractivity contribution is 8.02. The van der Waals surface area contributed by atoms with Gasteiger partial charge >= 0.3 is 13.5 Å². The second kappa shape index (κ2) is 9.92. The third-order valence-electron chi connectivity index (χ3n) is 5.45. The molecule has 14 heteroatoms. The SMILES string of the molecule is COc1c(C2CC(C)(C(F)(F)F)SC2C(=O)Nc2cc(C#N)cc(OB(O)O)c2)ccc(F)c1F. The first-order chi connectivity index (χ1) is 16.3.